The highest BCUT2D eigenvalue weighted by molar-refractivity contribution is 7.91. The van der Waals surface area contributed by atoms with Crippen molar-refractivity contribution in [2.24, 2.45) is 5.92 Å². The molecule has 0 heterocycles. The lowest BCUT2D eigenvalue weighted by Crippen LogP contribution is -2.18. The molecule has 0 aliphatic carbocycles. The fraction of sp³-hybridized carbons (Fsp3) is 0.263. The van der Waals surface area contributed by atoms with Crippen LogP contribution in [0.15, 0.2) is 53.4 Å². The molecule has 0 saturated heterocycles. The van der Waals surface area contributed by atoms with Crippen LogP contribution in [-0.2, 0) is 19.4 Å². The molecule has 0 aliphatic heterocycles. The van der Waals surface area contributed by atoms with Crippen molar-refractivity contribution in [2.45, 2.75) is 25.2 Å². The highest BCUT2D eigenvalue weighted by Crippen LogP contribution is 2.17. The quantitative estimate of drug-likeness (QED) is 0.729. The first-order valence-electron chi connectivity index (χ1n) is 8.36. The van der Waals surface area contributed by atoms with Gasteiger partial charge in [0.05, 0.1) is 10.6 Å². The predicted octanol–water partition coefficient (Wildman–Crippen LogP) is 3.74. The number of carbonyl (C=O) groups excluding carboxylic acids is 2. The fourth-order valence-electron chi connectivity index (χ4n) is 2.13. The molecule has 0 unspecified atom stereocenters. The van der Waals surface area contributed by atoms with Crippen LogP contribution < -0.4 is 10.6 Å². The Morgan fingerprint density at radius 3 is 1.96 bits per heavy atom. The molecule has 0 aromatic heterocycles. The van der Waals surface area contributed by atoms with E-state index in [1.165, 1.54) is 24.3 Å². The molecular weight excluding hydrogens is 388 g/mol. The van der Waals surface area contributed by atoms with Crippen LogP contribution in [0.1, 0.15) is 20.3 Å². The van der Waals surface area contributed by atoms with Crippen LogP contribution in [0.5, 0.6) is 0 Å². The number of anilines is 2. The molecule has 2 aromatic carbocycles. The summed E-state index contributed by atoms with van der Waals surface area (Å²) in [6.07, 6.45) is -0.170. The standard InChI is InChI=1S/C19H21ClN2O4S/c1-13(2)19(24)22-16-7-5-15(6-8-16)21-18(23)11-12-27(25,26)17-9-3-14(20)4-10-17/h3-10,13H,11-12H2,1-2H3,(H,21,23)(H,22,24). The Morgan fingerprint density at radius 2 is 1.44 bits per heavy atom. The molecule has 2 amide bonds. The highest BCUT2D eigenvalue weighted by Gasteiger charge is 2.16. The maximum absolute atomic E-state index is 12.2. The number of rotatable bonds is 7. The number of nitrogens with one attached hydrogen (secondary N) is 2. The molecule has 27 heavy (non-hydrogen) atoms. The number of halogens is 1. The van der Waals surface area contributed by atoms with Crippen LogP contribution in [0.4, 0.5) is 11.4 Å². The summed E-state index contributed by atoms with van der Waals surface area (Å²) in [4.78, 5) is 23.8. The maximum Gasteiger partial charge on any atom is 0.226 e. The van der Waals surface area contributed by atoms with Gasteiger partial charge in [0.15, 0.2) is 9.84 Å². The van der Waals surface area contributed by atoms with Gasteiger partial charge in [0.1, 0.15) is 0 Å². The Morgan fingerprint density at radius 1 is 0.926 bits per heavy atom. The molecular formula is C19H21ClN2O4S. The van der Waals surface area contributed by atoms with E-state index in [1.807, 2.05) is 0 Å². The Kier molecular flexibility index (Phi) is 6.98. The van der Waals surface area contributed by atoms with Gasteiger partial charge < -0.3 is 10.6 Å². The Balaban J connectivity index is 1.90. The first-order valence-corrected chi connectivity index (χ1v) is 10.4. The highest BCUT2D eigenvalue weighted by atomic mass is 35.5. The van der Waals surface area contributed by atoms with E-state index < -0.39 is 15.7 Å². The molecule has 6 nitrogen and oxygen atoms in total. The number of benzene rings is 2. The summed E-state index contributed by atoms with van der Waals surface area (Å²) in [6.45, 7) is 3.59. The summed E-state index contributed by atoms with van der Waals surface area (Å²) in [5.41, 5.74) is 1.14. The molecule has 0 atom stereocenters. The van der Waals surface area contributed by atoms with Crippen molar-refractivity contribution in [2.75, 3.05) is 16.4 Å². The number of amides is 2. The van der Waals surface area contributed by atoms with Crippen LogP contribution >= 0.6 is 11.6 Å². The molecule has 8 heteroatoms. The van der Waals surface area contributed by atoms with E-state index in [1.54, 1.807) is 38.1 Å². The lowest BCUT2D eigenvalue weighted by atomic mass is 10.2. The minimum absolute atomic E-state index is 0.0980. The third kappa shape index (κ3) is 6.37. The van der Waals surface area contributed by atoms with E-state index in [4.69, 9.17) is 11.6 Å². The largest absolute Gasteiger partial charge is 0.326 e. The first-order chi connectivity index (χ1) is 12.7. The molecule has 0 saturated carbocycles. The van der Waals surface area contributed by atoms with Crippen molar-refractivity contribution in [1.82, 2.24) is 0 Å². The second-order valence-corrected chi connectivity index (χ2v) is 8.84. The molecule has 0 spiro atoms. The molecule has 2 aromatic rings. The van der Waals surface area contributed by atoms with E-state index in [-0.39, 0.29) is 28.9 Å². The molecule has 2 N–H and O–H groups in total. The van der Waals surface area contributed by atoms with Crippen molar-refractivity contribution in [1.29, 1.82) is 0 Å². The molecule has 0 radical (unpaired) electrons. The zero-order valence-corrected chi connectivity index (χ0v) is 16.6. The number of sulfone groups is 1. The number of hydrogen-bond donors (Lipinski definition) is 2. The molecule has 2 rings (SSSR count). The van der Waals surface area contributed by atoms with Gasteiger partial charge in [-0.25, -0.2) is 8.42 Å². The third-order valence-corrected chi connectivity index (χ3v) is 5.72. The predicted molar refractivity (Wildman–Crippen MR) is 107 cm³/mol. The van der Waals surface area contributed by atoms with Crippen molar-refractivity contribution >= 4 is 44.6 Å². The van der Waals surface area contributed by atoms with E-state index in [2.05, 4.69) is 10.6 Å². The molecule has 144 valence electrons. The van der Waals surface area contributed by atoms with Gasteiger partial charge in [-0.15, -0.1) is 0 Å². The summed E-state index contributed by atoms with van der Waals surface area (Å²) in [7, 11) is -3.56. The maximum atomic E-state index is 12.2. The van der Waals surface area contributed by atoms with Gasteiger partial charge in [0.25, 0.3) is 0 Å². The first kappa shape index (κ1) is 20.9. The second-order valence-electron chi connectivity index (χ2n) is 6.29. The average molecular weight is 409 g/mol. The van der Waals surface area contributed by atoms with E-state index in [0.717, 1.165) is 0 Å². The zero-order chi connectivity index (χ0) is 20.0. The SMILES string of the molecule is CC(C)C(=O)Nc1ccc(NC(=O)CCS(=O)(=O)c2ccc(Cl)cc2)cc1. The van der Waals surface area contributed by atoms with Gasteiger partial charge in [-0.2, -0.15) is 0 Å². The van der Waals surface area contributed by atoms with Gasteiger partial charge in [-0.3, -0.25) is 9.59 Å². The summed E-state index contributed by atoms with van der Waals surface area (Å²) < 4.78 is 24.5. The van der Waals surface area contributed by atoms with Gasteiger partial charge in [0, 0.05) is 28.7 Å². The van der Waals surface area contributed by atoms with Crippen molar-refractivity contribution < 1.29 is 18.0 Å². The Bertz CT molecular complexity index is 908. The number of carbonyl (C=O) groups is 2. The Hall–Kier alpha value is -2.38. The topological polar surface area (TPSA) is 92.3 Å². The van der Waals surface area contributed by atoms with E-state index in [9.17, 15) is 18.0 Å². The van der Waals surface area contributed by atoms with Crippen molar-refractivity contribution in [3.63, 3.8) is 0 Å². The summed E-state index contributed by atoms with van der Waals surface area (Å²) >= 11 is 5.75. The monoisotopic (exact) mass is 408 g/mol. The Labute approximate surface area is 163 Å². The van der Waals surface area contributed by atoms with E-state index >= 15 is 0 Å². The van der Waals surface area contributed by atoms with Gasteiger partial charge in [-0.05, 0) is 48.5 Å². The molecule has 0 aliphatic rings. The lowest BCUT2D eigenvalue weighted by molar-refractivity contribution is -0.119. The summed E-state index contributed by atoms with van der Waals surface area (Å²) in [6, 6.07) is 12.4. The van der Waals surface area contributed by atoms with Crippen LogP contribution in [0.3, 0.4) is 0 Å². The normalized spacial score (nSPS) is 11.3. The van der Waals surface area contributed by atoms with Crippen LogP contribution in [0.25, 0.3) is 0 Å². The van der Waals surface area contributed by atoms with Crippen molar-refractivity contribution in [3.8, 4) is 0 Å². The van der Waals surface area contributed by atoms with Crippen LogP contribution in [0.2, 0.25) is 5.02 Å². The fourth-order valence-corrected chi connectivity index (χ4v) is 3.50. The summed E-state index contributed by atoms with van der Waals surface area (Å²) in [5.74, 6) is -0.944. The molecule has 0 fully saturated rings. The number of hydrogen-bond acceptors (Lipinski definition) is 4. The van der Waals surface area contributed by atoms with Gasteiger partial charge in [-0.1, -0.05) is 25.4 Å². The smallest absolute Gasteiger partial charge is 0.226 e. The minimum atomic E-state index is -3.56. The third-order valence-electron chi connectivity index (χ3n) is 3.73. The second kappa shape index (κ2) is 9.01. The van der Waals surface area contributed by atoms with Gasteiger partial charge >= 0.3 is 0 Å². The average Bonchev–Trinajstić information content (AvgIpc) is 2.62. The van der Waals surface area contributed by atoms with Crippen LogP contribution in [0, 0.1) is 5.92 Å². The minimum Gasteiger partial charge on any atom is -0.326 e. The van der Waals surface area contributed by atoms with Crippen molar-refractivity contribution in [3.05, 3.63) is 53.6 Å². The molecule has 0 bridgehead atoms. The van der Waals surface area contributed by atoms with E-state index in [0.29, 0.717) is 16.4 Å². The summed E-state index contributed by atoms with van der Waals surface area (Å²) in [5, 5.41) is 5.83. The zero-order valence-electron chi connectivity index (χ0n) is 15.0. The lowest BCUT2D eigenvalue weighted by Gasteiger charge is -2.09. The van der Waals surface area contributed by atoms with Crippen LogP contribution in [-0.4, -0.2) is 26.0 Å². The van der Waals surface area contributed by atoms with Gasteiger partial charge in [0.2, 0.25) is 11.8 Å².